The Morgan fingerprint density at radius 2 is 1.55 bits per heavy atom. The Morgan fingerprint density at radius 3 is 2.10 bits per heavy atom. The van der Waals surface area contributed by atoms with Crippen LogP contribution in [0.25, 0.3) is 0 Å². The van der Waals surface area contributed by atoms with Crippen LogP contribution in [-0.2, 0) is 31.2 Å². The lowest BCUT2D eigenvalue weighted by Crippen LogP contribution is -2.45. The minimum atomic E-state index is -5.67. The van der Waals surface area contributed by atoms with Crippen molar-refractivity contribution in [2.45, 2.75) is 50.5 Å². The molecule has 0 aliphatic carbocycles. The van der Waals surface area contributed by atoms with Gasteiger partial charge in [0.1, 0.15) is 11.1 Å². The first-order chi connectivity index (χ1) is 19.2. The molecular weight excluding hydrogens is 614 g/mol. The number of nitrogens with zero attached hydrogens (tertiary/aromatic N) is 3. The van der Waals surface area contributed by atoms with Crippen molar-refractivity contribution in [3.8, 4) is 0 Å². The molecule has 1 saturated heterocycles. The highest BCUT2D eigenvalue weighted by Crippen LogP contribution is 2.41. The maximum atomic E-state index is 13.4. The van der Waals surface area contributed by atoms with Gasteiger partial charge in [0.05, 0.1) is 37.0 Å². The Labute approximate surface area is 236 Å². The number of imide groups is 1. The van der Waals surface area contributed by atoms with E-state index in [1.165, 1.54) is 13.8 Å². The van der Waals surface area contributed by atoms with Crippen LogP contribution in [0.4, 0.5) is 51.3 Å². The fourth-order valence-electron chi connectivity index (χ4n) is 3.82. The van der Waals surface area contributed by atoms with Gasteiger partial charge in [-0.3, -0.25) is 19.1 Å². The predicted molar refractivity (Wildman–Crippen MR) is 132 cm³/mol. The molecule has 3 amide bonds. The third-order valence-corrected chi connectivity index (χ3v) is 7.49. The van der Waals surface area contributed by atoms with E-state index in [9.17, 15) is 59.0 Å². The number of nitro benzene ring substituents is 1. The monoisotopic (exact) mass is 641 g/mol. The third kappa shape index (κ3) is 8.56. The minimum Gasteiger partial charge on any atom is -0.378 e. The highest BCUT2D eigenvalue weighted by Gasteiger charge is 2.56. The van der Waals surface area contributed by atoms with Crippen molar-refractivity contribution >= 4 is 34.1 Å². The number of alkyl halides is 8. The lowest BCUT2D eigenvalue weighted by Gasteiger charge is -2.27. The van der Waals surface area contributed by atoms with Crippen LogP contribution >= 0.6 is 0 Å². The first-order valence-electron chi connectivity index (χ1n) is 12.2. The van der Waals surface area contributed by atoms with Crippen LogP contribution in [0, 0.1) is 10.1 Å². The lowest BCUT2D eigenvalue weighted by molar-refractivity contribution is -0.388. The summed E-state index contributed by atoms with van der Waals surface area (Å²) in [7, 11) is -1.68. The van der Waals surface area contributed by atoms with Gasteiger partial charge in [0, 0.05) is 41.3 Å². The molecule has 0 aromatic heterocycles. The molecule has 42 heavy (non-hydrogen) atoms. The molecule has 1 fully saturated rings. The molecule has 1 heterocycles. The minimum absolute atomic E-state index is 0.0330. The van der Waals surface area contributed by atoms with Gasteiger partial charge in [-0.2, -0.15) is 35.1 Å². The summed E-state index contributed by atoms with van der Waals surface area (Å²) < 4.78 is 124. The molecule has 1 atom stereocenters. The molecule has 1 aromatic rings. The van der Waals surface area contributed by atoms with Gasteiger partial charge in [0.15, 0.2) is 0 Å². The fraction of sp³-hybridized carbons (Fsp3) is 0.652. The van der Waals surface area contributed by atoms with Gasteiger partial charge in [-0.1, -0.05) is 0 Å². The van der Waals surface area contributed by atoms with E-state index < -0.39 is 81.3 Å². The summed E-state index contributed by atoms with van der Waals surface area (Å²) in [5, 5.41) is 11.0. The van der Waals surface area contributed by atoms with E-state index in [2.05, 4.69) is 0 Å². The average molecular weight is 642 g/mol. The Balaban J connectivity index is 1.81. The maximum absolute atomic E-state index is 13.4. The van der Waals surface area contributed by atoms with Crippen molar-refractivity contribution in [1.29, 1.82) is 0 Å². The van der Waals surface area contributed by atoms with E-state index in [-0.39, 0.29) is 44.5 Å². The summed E-state index contributed by atoms with van der Waals surface area (Å²) in [5.41, 5.74) is -4.86. The van der Waals surface area contributed by atoms with E-state index in [4.69, 9.17) is 9.47 Å². The molecular formula is C23H27F8N3O7S. The topological polar surface area (TPSA) is 119 Å². The second-order valence-electron chi connectivity index (χ2n) is 9.47. The van der Waals surface area contributed by atoms with Crippen LogP contribution in [0.1, 0.15) is 32.3 Å². The number of ether oxygens (including phenoxy) is 2. The van der Waals surface area contributed by atoms with Crippen LogP contribution in [0.15, 0.2) is 18.2 Å². The largest absolute Gasteiger partial charge is 0.453 e. The Morgan fingerprint density at radius 1 is 0.952 bits per heavy atom. The standard InChI is InChI=1S/C23H27F8N3O7S/c1-20(2)18(35)33(15-4-5-17(34(37)38)16(14-15)22(26,27)28)19(36)32(20)7-8-40-9-10-41-11-13-42(39)12-3-6-21(24,25)23(29,30)31/h4-5,14H,3,6-13H2,1-2H3. The zero-order valence-electron chi connectivity index (χ0n) is 22.2. The number of hydrogen-bond donors (Lipinski definition) is 0. The smallest absolute Gasteiger partial charge is 0.378 e. The fourth-order valence-corrected chi connectivity index (χ4v) is 4.79. The van der Waals surface area contributed by atoms with Crippen molar-refractivity contribution < 1.29 is 63.3 Å². The van der Waals surface area contributed by atoms with E-state index in [1.807, 2.05) is 0 Å². The molecule has 0 spiro atoms. The van der Waals surface area contributed by atoms with Gasteiger partial charge < -0.3 is 14.4 Å². The highest BCUT2D eigenvalue weighted by atomic mass is 32.2. The molecule has 238 valence electrons. The number of amides is 3. The number of benzene rings is 1. The number of anilines is 1. The summed E-state index contributed by atoms with van der Waals surface area (Å²) in [5.74, 6) is -6.19. The molecule has 1 aliphatic rings. The number of halogens is 8. The van der Waals surface area contributed by atoms with E-state index in [0.717, 1.165) is 11.0 Å². The lowest BCUT2D eigenvalue weighted by atomic mass is 10.0. The van der Waals surface area contributed by atoms with Crippen molar-refractivity contribution in [2.24, 2.45) is 0 Å². The van der Waals surface area contributed by atoms with Crippen molar-refractivity contribution in [3.05, 3.63) is 33.9 Å². The van der Waals surface area contributed by atoms with E-state index >= 15 is 0 Å². The summed E-state index contributed by atoms with van der Waals surface area (Å²) >= 11 is 0. The molecule has 0 radical (unpaired) electrons. The van der Waals surface area contributed by atoms with Crippen LogP contribution in [0.5, 0.6) is 0 Å². The number of carbonyl (C=O) groups is 2. The second-order valence-corrected chi connectivity index (χ2v) is 11.2. The molecule has 10 nitrogen and oxygen atoms in total. The number of hydrogen-bond acceptors (Lipinski definition) is 7. The van der Waals surface area contributed by atoms with Gasteiger partial charge in [-0.25, -0.2) is 9.69 Å². The van der Waals surface area contributed by atoms with Crippen LogP contribution in [-0.4, -0.2) is 88.1 Å². The molecule has 0 saturated carbocycles. The second kappa shape index (κ2) is 13.6. The van der Waals surface area contributed by atoms with Crippen molar-refractivity contribution in [3.63, 3.8) is 0 Å². The van der Waals surface area contributed by atoms with Crippen molar-refractivity contribution in [2.75, 3.05) is 49.4 Å². The van der Waals surface area contributed by atoms with Gasteiger partial charge in [0.2, 0.25) is 0 Å². The predicted octanol–water partition coefficient (Wildman–Crippen LogP) is 4.92. The molecule has 0 bridgehead atoms. The third-order valence-electron chi connectivity index (χ3n) is 6.13. The first-order valence-corrected chi connectivity index (χ1v) is 13.7. The first kappa shape index (κ1) is 35.3. The summed E-state index contributed by atoms with van der Waals surface area (Å²) in [6.45, 7) is 2.25. The zero-order chi connectivity index (χ0) is 32.1. The Kier molecular flexibility index (Phi) is 11.4. The number of carbonyl (C=O) groups excluding carboxylic acids is 2. The van der Waals surface area contributed by atoms with Gasteiger partial charge >= 0.3 is 24.3 Å². The molecule has 1 aliphatic heterocycles. The molecule has 19 heteroatoms. The van der Waals surface area contributed by atoms with Gasteiger partial charge in [0.25, 0.3) is 11.6 Å². The summed E-state index contributed by atoms with van der Waals surface area (Å²) in [6, 6.07) is 0.801. The van der Waals surface area contributed by atoms with Gasteiger partial charge in [-0.15, -0.1) is 0 Å². The SMILES string of the molecule is CC1(C)C(=O)N(c2ccc([N+](=O)[O-])c(C(F)(F)F)c2)C(=O)N1CCOCCOCCS(=O)CCCC(F)(F)C(F)(F)F. The van der Waals surface area contributed by atoms with Crippen molar-refractivity contribution in [1.82, 2.24) is 4.90 Å². The number of nitro groups is 1. The van der Waals surface area contributed by atoms with Crippen LogP contribution in [0.2, 0.25) is 0 Å². The van der Waals surface area contributed by atoms with Crippen LogP contribution < -0.4 is 4.90 Å². The molecule has 1 unspecified atom stereocenters. The average Bonchev–Trinajstić information content (AvgIpc) is 3.02. The van der Waals surface area contributed by atoms with Gasteiger partial charge in [-0.05, 0) is 32.4 Å². The number of urea groups is 1. The zero-order valence-corrected chi connectivity index (χ0v) is 23.0. The Bertz CT molecular complexity index is 1180. The van der Waals surface area contributed by atoms with E-state index in [1.54, 1.807) is 0 Å². The normalized spacial score (nSPS) is 16.8. The number of rotatable bonds is 15. The molecule has 0 N–H and O–H groups in total. The van der Waals surface area contributed by atoms with Crippen LogP contribution in [0.3, 0.4) is 0 Å². The highest BCUT2D eigenvalue weighted by molar-refractivity contribution is 7.84. The molecule has 1 aromatic carbocycles. The van der Waals surface area contributed by atoms with E-state index in [0.29, 0.717) is 17.0 Å². The summed E-state index contributed by atoms with van der Waals surface area (Å²) in [6.07, 6.45) is -12.9. The maximum Gasteiger partial charge on any atom is 0.453 e. The quantitative estimate of drug-likeness (QED) is 0.0877. The molecule has 2 rings (SSSR count). The summed E-state index contributed by atoms with van der Waals surface area (Å²) in [4.78, 5) is 37.2. The Hall–Kier alpha value is -2.93.